The zero-order valence-electron chi connectivity index (χ0n) is 13.0. The van der Waals surface area contributed by atoms with E-state index in [0.717, 1.165) is 12.8 Å². The lowest BCUT2D eigenvalue weighted by Crippen LogP contribution is -2.20. The number of carbonyl (C=O) groups excluding carboxylic acids is 1. The molecular weight excluding hydrogens is 328 g/mol. The molecule has 0 spiro atoms. The van der Waals surface area contributed by atoms with Crippen LogP contribution in [0.3, 0.4) is 0 Å². The summed E-state index contributed by atoms with van der Waals surface area (Å²) in [4.78, 5) is 16.1. The molecule has 1 atom stereocenters. The fourth-order valence-corrected chi connectivity index (χ4v) is 4.06. The zero-order chi connectivity index (χ0) is 17.0. The van der Waals surface area contributed by atoms with E-state index in [0.29, 0.717) is 17.9 Å². The number of benzene rings is 1. The molecule has 1 aromatic heterocycles. The summed E-state index contributed by atoms with van der Waals surface area (Å²) in [5, 5.41) is 2.72. The molecule has 1 amide bonds. The first-order chi connectivity index (χ1) is 11.5. The van der Waals surface area contributed by atoms with E-state index in [1.165, 1.54) is 24.5 Å². The molecule has 1 aromatic carbocycles. The van der Waals surface area contributed by atoms with Gasteiger partial charge in [-0.15, -0.1) is 0 Å². The van der Waals surface area contributed by atoms with Crippen LogP contribution in [0.25, 0.3) is 0 Å². The number of nitrogens with zero attached hydrogens (tertiary/aromatic N) is 1. The Morgan fingerprint density at radius 2 is 1.88 bits per heavy atom. The van der Waals surface area contributed by atoms with Crippen molar-refractivity contribution < 1.29 is 17.9 Å². The van der Waals surface area contributed by atoms with E-state index >= 15 is 0 Å². The second-order valence-electron chi connectivity index (χ2n) is 5.63. The number of hydrogen-bond acceptors (Lipinski definition) is 5. The van der Waals surface area contributed by atoms with Crippen molar-refractivity contribution in [3.05, 3.63) is 54.4 Å². The largest absolute Gasteiger partial charge is 0.377 e. The highest BCUT2D eigenvalue weighted by molar-refractivity contribution is 7.91. The molecule has 7 heteroatoms. The van der Waals surface area contributed by atoms with Gasteiger partial charge in [0.1, 0.15) is 0 Å². The van der Waals surface area contributed by atoms with E-state index in [1.54, 1.807) is 24.3 Å². The highest BCUT2D eigenvalue weighted by Crippen LogP contribution is 2.21. The van der Waals surface area contributed by atoms with E-state index in [4.69, 9.17) is 4.74 Å². The SMILES string of the molecule is O=C(Nc1ccc(S(=O)(=O)CC2CCCO2)cc1)c1ccncc1. The zero-order valence-corrected chi connectivity index (χ0v) is 13.8. The van der Waals surface area contributed by atoms with Gasteiger partial charge in [-0.3, -0.25) is 9.78 Å². The number of nitrogens with one attached hydrogen (secondary N) is 1. The lowest BCUT2D eigenvalue weighted by atomic mass is 10.2. The Morgan fingerprint density at radius 3 is 2.50 bits per heavy atom. The minimum atomic E-state index is -3.39. The van der Waals surface area contributed by atoms with Crippen LogP contribution in [0.5, 0.6) is 0 Å². The summed E-state index contributed by atoms with van der Waals surface area (Å²) in [6, 6.07) is 9.40. The maximum Gasteiger partial charge on any atom is 0.255 e. The minimum Gasteiger partial charge on any atom is -0.377 e. The van der Waals surface area contributed by atoms with Crippen LogP contribution in [0.2, 0.25) is 0 Å². The maximum atomic E-state index is 12.4. The smallest absolute Gasteiger partial charge is 0.255 e. The number of rotatable bonds is 5. The summed E-state index contributed by atoms with van der Waals surface area (Å²) in [6.45, 7) is 0.625. The maximum absolute atomic E-state index is 12.4. The summed E-state index contributed by atoms with van der Waals surface area (Å²) in [5.74, 6) is -0.275. The molecule has 0 saturated carbocycles. The number of amides is 1. The Morgan fingerprint density at radius 1 is 1.17 bits per heavy atom. The van der Waals surface area contributed by atoms with Crippen molar-refractivity contribution in [2.24, 2.45) is 0 Å². The third-order valence-electron chi connectivity index (χ3n) is 3.84. The Bertz CT molecular complexity index is 798. The topological polar surface area (TPSA) is 85.4 Å². The van der Waals surface area contributed by atoms with Crippen LogP contribution in [0.4, 0.5) is 5.69 Å². The summed E-state index contributed by atoms with van der Waals surface area (Å²) < 4.78 is 30.1. The van der Waals surface area contributed by atoms with Crippen molar-refractivity contribution in [3.63, 3.8) is 0 Å². The molecule has 1 aliphatic heterocycles. The predicted molar refractivity (Wildman–Crippen MR) is 89.7 cm³/mol. The van der Waals surface area contributed by atoms with Gasteiger partial charge < -0.3 is 10.1 Å². The first-order valence-electron chi connectivity index (χ1n) is 7.70. The molecule has 0 bridgehead atoms. The first kappa shape index (κ1) is 16.6. The first-order valence-corrected chi connectivity index (χ1v) is 9.36. The normalized spacial score (nSPS) is 17.6. The predicted octanol–water partition coefficient (Wildman–Crippen LogP) is 2.29. The number of sulfone groups is 1. The minimum absolute atomic E-state index is 0.00424. The van der Waals surface area contributed by atoms with Gasteiger partial charge in [0, 0.05) is 30.3 Å². The van der Waals surface area contributed by atoms with Gasteiger partial charge in [0.2, 0.25) is 0 Å². The van der Waals surface area contributed by atoms with Gasteiger partial charge in [-0.25, -0.2) is 8.42 Å². The molecule has 2 heterocycles. The number of pyridine rings is 1. The van der Waals surface area contributed by atoms with Crippen LogP contribution < -0.4 is 5.32 Å². The Labute approximate surface area is 140 Å². The molecule has 6 nitrogen and oxygen atoms in total. The molecule has 24 heavy (non-hydrogen) atoms. The number of carbonyl (C=O) groups is 1. The summed E-state index contributed by atoms with van der Waals surface area (Å²) in [7, 11) is -3.39. The number of anilines is 1. The molecule has 126 valence electrons. The average molecular weight is 346 g/mol. The third-order valence-corrected chi connectivity index (χ3v) is 5.64. The third kappa shape index (κ3) is 3.98. The van der Waals surface area contributed by atoms with Gasteiger partial charge in [0.15, 0.2) is 9.84 Å². The number of aromatic nitrogens is 1. The highest BCUT2D eigenvalue weighted by Gasteiger charge is 2.24. The van der Waals surface area contributed by atoms with Gasteiger partial charge in [0.05, 0.1) is 16.8 Å². The van der Waals surface area contributed by atoms with Gasteiger partial charge in [-0.1, -0.05) is 0 Å². The van der Waals surface area contributed by atoms with Gasteiger partial charge in [-0.05, 0) is 49.2 Å². The van der Waals surface area contributed by atoms with Crippen molar-refractivity contribution in [2.75, 3.05) is 17.7 Å². The highest BCUT2D eigenvalue weighted by atomic mass is 32.2. The molecule has 1 unspecified atom stereocenters. The van der Waals surface area contributed by atoms with Crippen LogP contribution >= 0.6 is 0 Å². The summed E-state index contributed by atoms with van der Waals surface area (Å²) in [6.07, 6.45) is 4.53. The standard InChI is InChI=1S/C17H18N2O4S/c20-17(13-7-9-18-10-8-13)19-14-3-5-16(6-4-14)24(21,22)12-15-2-1-11-23-15/h3-10,15H,1-2,11-12H2,(H,19,20). The van der Waals surface area contributed by atoms with Crippen LogP contribution in [-0.2, 0) is 14.6 Å². The van der Waals surface area contributed by atoms with Crippen LogP contribution in [-0.4, -0.2) is 37.8 Å². The molecule has 3 rings (SSSR count). The van der Waals surface area contributed by atoms with Crippen molar-refractivity contribution in [1.29, 1.82) is 0 Å². The molecule has 1 N–H and O–H groups in total. The Balaban J connectivity index is 1.67. The number of ether oxygens (including phenoxy) is 1. The quantitative estimate of drug-likeness (QED) is 0.898. The molecule has 0 radical (unpaired) electrons. The molecule has 1 saturated heterocycles. The van der Waals surface area contributed by atoms with Gasteiger partial charge >= 0.3 is 0 Å². The summed E-state index contributed by atoms with van der Waals surface area (Å²) in [5.41, 5.74) is 1.02. The second-order valence-corrected chi connectivity index (χ2v) is 7.67. The van der Waals surface area contributed by atoms with Gasteiger partial charge in [0.25, 0.3) is 5.91 Å². The molecule has 1 aliphatic rings. The molecule has 1 fully saturated rings. The lowest BCUT2D eigenvalue weighted by molar-refractivity contribution is 0.102. The van der Waals surface area contributed by atoms with E-state index in [-0.39, 0.29) is 22.7 Å². The number of hydrogen-bond donors (Lipinski definition) is 1. The van der Waals surface area contributed by atoms with Crippen LogP contribution in [0.1, 0.15) is 23.2 Å². The Hall–Kier alpha value is -2.25. The van der Waals surface area contributed by atoms with E-state index in [1.807, 2.05) is 0 Å². The molecular formula is C17H18N2O4S. The lowest BCUT2D eigenvalue weighted by Gasteiger charge is -2.11. The average Bonchev–Trinajstić information content (AvgIpc) is 3.08. The molecule has 2 aromatic rings. The molecule has 0 aliphatic carbocycles. The van der Waals surface area contributed by atoms with Crippen molar-refractivity contribution in [1.82, 2.24) is 4.98 Å². The fraction of sp³-hybridized carbons (Fsp3) is 0.294. The van der Waals surface area contributed by atoms with E-state index in [9.17, 15) is 13.2 Å². The second kappa shape index (κ2) is 7.11. The fourth-order valence-electron chi connectivity index (χ4n) is 2.57. The van der Waals surface area contributed by atoms with E-state index in [2.05, 4.69) is 10.3 Å². The van der Waals surface area contributed by atoms with Crippen molar-refractivity contribution in [3.8, 4) is 0 Å². The van der Waals surface area contributed by atoms with Crippen LogP contribution in [0, 0.1) is 0 Å². The van der Waals surface area contributed by atoms with Crippen molar-refractivity contribution >= 4 is 21.4 Å². The van der Waals surface area contributed by atoms with Gasteiger partial charge in [-0.2, -0.15) is 0 Å². The Kier molecular flexibility index (Phi) is 4.92. The van der Waals surface area contributed by atoms with Crippen molar-refractivity contribution in [2.45, 2.75) is 23.8 Å². The summed E-state index contributed by atoms with van der Waals surface area (Å²) >= 11 is 0. The van der Waals surface area contributed by atoms with Crippen LogP contribution in [0.15, 0.2) is 53.7 Å². The monoisotopic (exact) mass is 346 g/mol. The van der Waals surface area contributed by atoms with E-state index < -0.39 is 9.84 Å².